The summed E-state index contributed by atoms with van der Waals surface area (Å²) in [4.78, 5) is 29.8. The van der Waals surface area contributed by atoms with Crippen LogP contribution >= 0.6 is 46.4 Å². The first-order valence-corrected chi connectivity index (χ1v) is 17.5. The normalized spacial score (nSPS) is 12.7. The van der Waals surface area contributed by atoms with Crippen molar-refractivity contribution >= 4 is 73.9 Å². The molecule has 0 aliphatic heterocycles. The van der Waals surface area contributed by atoms with Gasteiger partial charge in [0.1, 0.15) is 12.6 Å². The molecule has 0 aromatic heterocycles. The molecule has 0 radical (unpaired) electrons. The largest absolute Gasteiger partial charge is 0.352 e. The number of nitrogens with zero attached hydrogens (tertiary/aromatic N) is 2. The first kappa shape index (κ1) is 35.6. The fraction of sp³-hybridized carbons (Fsp3) is 0.235. The zero-order chi connectivity index (χ0) is 33.4. The summed E-state index contributed by atoms with van der Waals surface area (Å²) < 4.78 is 29.2. The van der Waals surface area contributed by atoms with Gasteiger partial charge in [-0.3, -0.25) is 13.9 Å². The van der Waals surface area contributed by atoms with Crippen molar-refractivity contribution in [1.82, 2.24) is 10.2 Å². The lowest BCUT2D eigenvalue weighted by atomic mass is 10.0. The lowest BCUT2D eigenvalue weighted by Crippen LogP contribution is -2.54. The first-order chi connectivity index (χ1) is 21.9. The molecule has 46 heavy (non-hydrogen) atoms. The second-order valence-electron chi connectivity index (χ2n) is 10.7. The zero-order valence-corrected chi connectivity index (χ0v) is 29.0. The van der Waals surface area contributed by atoms with Crippen molar-refractivity contribution < 1.29 is 18.0 Å². The van der Waals surface area contributed by atoms with Crippen molar-refractivity contribution in [3.05, 3.63) is 128 Å². The fourth-order valence-electron chi connectivity index (χ4n) is 4.74. The third-order valence-corrected chi connectivity index (χ3v) is 10.4. The van der Waals surface area contributed by atoms with E-state index in [0.717, 1.165) is 9.87 Å². The smallest absolute Gasteiger partial charge is 0.264 e. The SMILES string of the molecule is CC[C@@H](C)NC(=O)[C@H](Cc1ccccc1)N(Cc1c(Cl)cccc1Cl)C(=O)CN(c1cccc(Cl)c1)S(=O)(=O)c1ccc(Cl)cc1. The molecule has 2 atom stereocenters. The highest BCUT2D eigenvalue weighted by molar-refractivity contribution is 7.92. The molecule has 0 heterocycles. The molecule has 4 rings (SSSR count). The molecular weight excluding hydrogens is 688 g/mol. The van der Waals surface area contributed by atoms with E-state index in [0.29, 0.717) is 27.1 Å². The van der Waals surface area contributed by atoms with Gasteiger partial charge in [0, 0.05) is 44.7 Å². The Kier molecular flexibility index (Phi) is 12.4. The summed E-state index contributed by atoms with van der Waals surface area (Å²) in [5.41, 5.74) is 1.38. The van der Waals surface area contributed by atoms with E-state index in [1.165, 1.54) is 35.2 Å². The number of carbonyl (C=O) groups is 2. The Bertz CT molecular complexity index is 1750. The summed E-state index contributed by atoms with van der Waals surface area (Å²) in [5.74, 6) is -1.06. The molecule has 0 saturated heterocycles. The molecule has 0 bridgehead atoms. The van der Waals surface area contributed by atoms with Crippen LogP contribution in [0.2, 0.25) is 20.1 Å². The molecule has 7 nitrogen and oxygen atoms in total. The average molecular weight is 722 g/mol. The summed E-state index contributed by atoms with van der Waals surface area (Å²) in [6.45, 7) is 2.99. The van der Waals surface area contributed by atoms with Crippen molar-refractivity contribution in [2.75, 3.05) is 10.8 Å². The summed E-state index contributed by atoms with van der Waals surface area (Å²) >= 11 is 25.4. The minimum atomic E-state index is -4.32. The molecular formula is C34H33Cl4N3O4S. The van der Waals surface area contributed by atoms with Gasteiger partial charge in [-0.1, -0.05) is 95.8 Å². The van der Waals surface area contributed by atoms with Crippen LogP contribution in [-0.4, -0.2) is 43.8 Å². The number of hydrogen-bond acceptors (Lipinski definition) is 4. The van der Waals surface area contributed by atoms with E-state index >= 15 is 0 Å². The molecule has 0 aliphatic rings. The van der Waals surface area contributed by atoms with Gasteiger partial charge < -0.3 is 10.2 Å². The number of rotatable bonds is 13. The minimum absolute atomic E-state index is 0.0827. The van der Waals surface area contributed by atoms with Crippen molar-refractivity contribution in [2.45, 2.75) is 50.2 Å². The van der Waals surface area contributed by atoms with Gasteiger partial charge in [-0.25, -0.2) is 8.42 Å². The van der Waals surface area contributed by atoms with E-state index in [9.17, 15) is 18.0 Å². The Morgan fingerprint density at radius 1 is 0.804 bits per heavy atom. The Hall–Kier alpha value is -3.27. The second-order valence-corrected chi connectivity index (χ2v) is 14.2. The van der Waals surface area contributed by atoms with Crippen LogP contribution in [0, 0.1) is 0 Å². The molecule has 2 amide bonds. The van der Waals surface area contributed by atoms with Gasteiger partial charge in [-0.15, -0.1) is 0 Å². The van der Waals surface area contributed by atoms with Crippen LogP contribution in [0.5, 0.6) is 0 Å². The number of sulfonamides is 1. The van der Waals surface area contributed by atoms with E-state index in [-0.39, 0.29) is 34.6 Å². The predicted octanol–water partition coefficient (Wildman–Crippen LogP) is 8.05. The maximum absolute atomic E-state index is 14.6. The molecule has 0 saturated carbocycles. The van der Waals surface area contributed by atoms with Crippen molar-refractivity contribution in [1.29, 1.82) is 0 Å². The van der Waals surface area contributed by atoms with Crippen LogP contribution in [-0.2, 0) is 32.6 Å². The van der Waals surface area contributed by atoms with Crippen LogP contribution in [0.1, 0.15) is 31.4 Å². The van der Waals surface area contributed by atoms with Crippen LogP contribution < -0.4 is 9.62 Å². The van der Waals surface area contributed by atoms with Gasteiger partial charge in [0.15, 0.2) is 0 Å². The van der Waals surface area contributed by atoms with Crippen molar-refractivity contribution in [3.8, 4) is 0 Å². The van der Waals surface area contributed by atoms with Gasteiger partial charge in [-0.2, -0.15) is 0 Å². The highest BCUT2D eigenvalue weighted by Crippen LogP contribution is 2.30. The summed E-state index contributed by atoms with van der Waals surface area (Å²) in [7, 11) is -4.32. The van der Waals surface area contributed by atoms with Gasteiger partial charge in [0.05, 0.1) is 10.6 Å². The van der Waals surface area contributed by atoms with E-state index in [1.807, 2.05) is 44.2 Å². The quantitative estimate of drug-likeness (QED) is 0.152. The molecule has 0 aliphatic carbocycles. The van der Waals surface area contributed by atoms with Gasteiger partial charge in [0.2, 0.25) is 11.8 Å². The minimum Gasteiger partial charge on any atom is -0.352 e. The highest BCUT2D eigenvalue weighted by Gasteiger charge is 2.35. The third kappa shape index (κ3) is 8.96. The second kappa shape index (κ2) is 16.0. The van der Waals surface area contributed by atoms with E-state index in [4.69, 9.17) is 46.4 Å². The maximum atomic E-state index is 14.6. The number of benzene rings is 4. The predicted molar refractivity (Wildman–Crippen MR) is 186 cm³/mol. The monoisotopic (exact) mass is 719 g/mol. The third-order valence-electron chi connectivity index (χ3n) is 7.44. The number of nitrogens with one attached hydrogen (secondary N) is 1. The molecule has 0 fully saturated rings. The Labute approximate surface area is 290 Å². The number of anilines is 1. The average Bonchev–Trinajstić information content (AvgIpc) is 3.03. The zero-order valence-electron chi connectivity index (χ0n) is 25.2. The lowest BCUT2D eigenvalue weighted by Gasteiger charge is -2.34. The maximum Gasteiger partial charge on any atom is 0.264 e. The standard InChI is InChI=1S/C34H33Cl4N3O4S/c1-3-23(2)39-34(43)32(19-24-9-5-4-6-10-24)40(21-29-30(37)13-8-14-31(29)38)33(42)22-41(27-12-7-11-26(36)20-27)46(44,45)28-17-15-25(35)16-18-28/h4-18,20,23,32H,3,19,21-22H2,1-2H3,(H,39,43)/t23-,32+/m1/s1. The Morgan fingerprint density at radius 3 is 2.04 bits per heavy atom. The molecule has 4 aromatic rings. The van der Waals surface area contributed by atoms with Crippen molar-refractivity contribution in [3.63, 3.8) is 0 Å². The summed E-state index contributed by atoms with van der Waals surface area (Å²) in [6.07, 6.45) is 0.813. The Morgan fingerprint density at radius 2 is 1.43 bits per heavy atom. The van der Waals surface area contributed by atoms with Crippen LogP contribution in [0.15, 0.2) is 102 Å². The van der Waals surface area contributed by atoms with E-state index in [1.54, 1.807) is 36.4 Å². The highest BCUT2D eigenvalue weighted by atomic mass is 35.5. The topological polar surface area (TPSA) is 86.8 Å². The molecule has 1 N–H and O–H groups in total. The number of amides is 2. The van der Waals surface area contributed by atoms with Crippen LogP contribution in [0.4, 0.5) is 5.69 Å². The molecule has 242 valence electrons. The Balaban J connectivity index is 1.84. The number of carbonyl (C=O) groups excluding carboxylic acids is 2. The van der Waals surface area contributed by atoms with E-state index in [2.05, 4.69) is 5.32 Å². The van der Waals surface area contributed by atoms with Gasteiger partial charge >= 0.3 is 0 Å². The molecule has 12 heteroatoms. The molecule has 0 spiro atoms. The first-order valence-electron chi connectivity index (χ1n) is 14.5. The number of halogens is 4. The van der Waals surface area contributed by atoms with Crippen LogP contribution in [0.25, 0.3) is 0 Å². The summed E-state index contributed by atoms with van der Waals surface area (Å²) in [6, 6.07) is 24.8. The van der Waals surface area contributed by atoms with E-state index < -0.39 is 34.4 Å². The fourth-order valence-corrected chi connectivity index (χ4v) is 6.98. The number of hydrogen-bond donors (Lipinski definition) is 1. The van der Waals surface area contributed by atoms with Gasteiger partial charge in [0.25, 0.3) is 10.0 Å². The molecule has 0 unspecified atom stereocenters. The summed E-state index contributed by atoms with van der Waals surface area (Å²) in [5, 5.41) is 4.21. The lowest BCUT2D eigenvalue weighted by molar-refractivity contribution is -0.140. The van der Waals surface area contributed by atoms with Crippen molar-refractivity contribution in [2.24, 2.45) is 0 Å². The molecule has 4 aromatic carbocycles. The van der Waals surface area contributed by atoms with Gasteiger partial charge in [-0.05, 0) is 73.5 Å². The van der Waals surface area contributed by atoms with Crippen LogP contribution in [0.3, 0.4) is 0 Å².